The van der Waals surface area contributed by atoms with Gasteiger partial charge >= 0.3 is 0 Å². The van der Waals surface area contributed by atoms with Crippen LogP contribution in [0.1, 0.15) is 63.4 Å². The van der Waals surface area contributed by atoms with Gasteiger partial charge in [-0.1, -0.05) is 68.6 Å². The van der Waals surface area contributed by atoms with Crippen LogP contribution < -0.4 is 4.90 Å². The molecule has 2 heterocycles. The third-order valence-electron chi connectivity index (χ3n) is 6.73. The minimum Gasteiger partial charge on any atom is -0.337 e. The third kappa shape index (κ3) is 4.60. The number of para-hydroxylation sites is 1. The van der Waals surface area contributed by atoms with Gasteiger partial charge < -0.3 is 4.90 Å². The summed E-state index contributed by atoms with van der Waals surface area (Å²) < 4.78 is 0. The van der Waals surface area contributed by atoms with E-state index in [2.05, 4.69) is 48.2 Å². The molecule has 1 saturated carbocycles. The van der Waals surface area contributed by atoms with E-state index in [9.17, 15) is 4.79 Å². The molecule has 1 amide bonds. The number of nitrogens with zero attached hydrogens (tertiary/aromatic N) is 3. The molecule has 2 aromatic carbocycles. The smallest absolute Gasteiger partial charge is 0.269 e. The molecule has 0 aromatic heterocycles. The Morgan fingerprint density at radius 2 is 1.76 bits per heavy atom. The predicted octanol–water partition coefficient (Wildman–Crippen LogP) is 7.51. The number of fused-ring (bicyclic) bond motifs is 1. The van der Waals surface area contributed by atoms with Crippen LogP contribution in [0.2, 0.25) is 0 Å². The molecule has 0 radical (unpaired) electrons. The number of carbonyl (C=O) groups is 1. The summed E-state index contributed by atoms with van der Waals surface area (Å²) in [6.07, 6.45) is 8.67. The Labute approximate surface area is 205 Å². The Bertz CT molecular complexity index is 1090. The molecule has 172 valence electrons. The minimum atomic E-state index is 0.0770. The normalized spacial score (nSPS) is 22.5. The van der Waals surface area contributed by atoms with Crippen molar-refractivity contribution in [2.24, 2.45) is 4.99 Å². The van der Waals surface area contributed by atoms with Crippen LogP contribution in [0.25, 0.3) is 0 Å². The van der Waals surface area contributed by atoms with Crippen molar-refractivity contribution < 1.29 is 4.79 Å². The maximum atomic E-state index is 13.5. The first-order valence-electron chi connectivity index (χ1n) is 12.1. The quantitative estimate of drug-likeness (QED) is 0.418. The van der Waals surface area contributed by atoms with E-state index in [1.54, 1.807) is 11.8 Å². The first-order chi connectivity index (χ1) is 16.2. The number of aliphatic imine (C=N–C) groups is 1. The minimum absolute atomic E-state index is 0.0770. The van der Waals surface area contributed by atoms with Crippen molar-refractivity contribution in [1.29, 1.82) is 0 Å². The lowest BCUT2D eigenvalue weighted by Gasteiger charge is -2.22. The maximum absolute atomic E-state index is 13.5. The van der Waals surface area contributed by atoms with Crippen molar-refractivity contribution in [3.63, 3.8) is 0 Å². The summed E-state index contributed by atoms with van der Waals surface area (Å²) in [4.78, 5) is 24.4. The van der Waals surface area contributed by atoms with Crippen molar-refractivity contribution in [3.05, 3.63) is 64.0 Å². The highest BCUT2D eigenvalue weighted by atomic mass is 32.2. The number of amidine groups is 1. The van der Waals surface area contributed by atoms with Crippen LogP contribution in [0, 0.1) is 0 Å². The summed E-state index contributed by atoms with van der Waals surface area (Å²) in [7, 11) is 2.05. The molecule has 1 saturated heterocycles. The van der Waals surface area contributed by atoms with E-state index in [1.807, 2.05) is 24.1 Å². The average molecular weight is 478 g/mol. The summed E-state index contributed by atoms with van der Waals surface area (Å²) in [5.74, 6) is 0.769. The zero-order valence-electron chi connectivity index (χ0n) is 19.4. The molecular weight excluding hydrogens is 446 g/mol. The second-order valence-corrected chi connectivity index (χ2v) is 11.0. The Balaban J connectivity index is 1.42. The van der Waals surface area contributed by atoms with Crippen molar-refractivity contribution in [2.75, 3.05) is 18.5 Å². The van der Waals surface area contributed by atoms with Crippen molar-refractivity contribution in [3.8, 4) is 0 Å². The van der Waals surface area contributed by atoms with E-state index in [-0.39, 0.29) is 5.91 Å². The van der Waals surface area contributed by atoms with Gasteiger partial charge in [-0.15, -0.1) is 0 Å². The number of hydrogen-bond donors (Lipinski definition) is 0. The Hall–Kier alpha value is -2.18. The Kier molecular flexibility index (Phi) is 6.84. The van der Waals surface area contributed by atoms with Gasteiger partial charge in [0, 0.05) is 18.5 Å². The van der Waals surface area contributed by atoms with E-state index in [4.69, 9.17) is 4.99 Å². The van der Waals surface area contributed by atoms with Gasteiger partial charge in [-0.2, -0.15) is 0 Å². The van der Waals surface area contributed by atoms with Crippen LogP contribution in [0.5, 0.6) is 0 Å². The fourth-order valence-corrected chi connectivity index (χ4v) is 7.17. The standard InChI is InChI=1S/C27H31N3OS2/c1-3-4-18-30-25(31)24(26-29(2)22-12-8-9-13-23(22)32-26)33-27(30)28-21-16-14-20(15-17-21)19-10-6-5-7-11-19/h8-9,12-17,19H,3-7,10-11,18H2,1-2H3/b26-24-,28-27?. The third-order valence-corrected chi connectivity index (χ3v) is 9.16. The number of unbranched alkanes of at least 4 members (excludes halogenated alkanes) is 1. The second kappa shape index (κ2) is 9.98. The Morgan fingerprint density at radius 1 is 1.00 bits per heavy atom. The van der Waals surface area contributed by atoms with Crippen LogP contribution in [0.3, 0.4) is 0 Å². The molecule has 0 unspecified atom stereocenters. The van der Waals surface area contributed by atoms with Gasteiger partial charge in [-0.3, -0.25) is 9.69 Å². The fraction of sp³-hybridized carbons (Fsp3) is 0.407. The number of anilines is 1. The van der Waals surface area contributed by atoms with E-state index in [1.165, 1.54) is 54.3 Å². The maximum Gasteiger partial charge on any atom is 0.269 e. The SMILES string of the molecule is CCCCN1C(=O)/C(=C2/Sc3ccccc3N2C)SC1=Nc1ccc(C2CCCCC2)cc1. The van der Waals surface area contributed by atoms with Crippen LogP contribution in [-0.4, -0.2) is 29.6 Å². The number of benzene rings is 2. The first-order valence-corrected chi connectivity index (χ1v) is 13.7. The van der Waals surface area contributed by atoms with E-state index in [0.29, 0.717) is 12.5 Å². The van der Waals surface area contributed by atoms with E-state index >= 15 is 0 Å². The van der Waals surface area contributed by atoms with Gasteiger partial charge in [0.2, 0.25) is 0 Å². The van der Waals surface area contributed by atoms with Crippen LogP contribution in [0.4, 0.5) is 11.4 Å². The molecule has 2 fully saturated rings. The Morgan fingerprint density at radius 3 is 2.48 bits per heavy atom. The van der Waals surface area contributed by atoms with Gasteiger partial charge in [0.25, 0.3) is 5.91 Å². The molecule has 6 heteroatoms. The highest BCUT2D eigenvalue weighted by Gasteiger charge is 2.38. The summed E-state index contributed by atoms with van der Waals surface area (Å²) in [5.41, 5.74) is 3.51. The van der Waals surface area contributed by atoms with Crippen molar-refractivity contribution in [2.45, 2.75) is 62.7 Å². The van der Waals surface area contributed by atoms with Gasteiger partial charge in [0.15, 0.2) is 5.17 Å². The monoisotopic (exact) mass is 477 g/mol. The number of carbonyl (C=O) groups excluding carboxylic acids is 1. The number of rotatable bonds is 5. The van der Waals surface area contributed by atoms with Gasteiger partial charge in [0.05, 0.1) is 16.4 Å². The highest BCUT2D eigenvalue weighted by molar-refractivity contribution is 8.19. The molecule has 2 aliphatic heterocycles. The average Bonchev–Trinajstić information content (AvgIpc) is 3.35. The molecule has 0 bridgehead atoms. The van der Waals surface area contributed by atoms with Gasteiger partial charge in [-0.05, 0) is 66.8 Å². The van der Waals surface area contributed by atoms with Crippen LogP contribution in [-0.2, 0) is 4.79 Å². The second-order valence-electron chi connectivity index (χ2n) is 9.00. The largest absolute Gasteiger partial charge is 0.337 e. The van der Waals surface area contributed by atoms with E-state index in [0.717, 1.165) is 39.3 Å². The van der Waals surface area contributed by atoms with Crippen molar-refractivity contribution in [1.82, 2.24) is 4.90 Å². The zero-order valence-corrected chi connectivity index (χ0v) is 21.1. The molecule has 0 spiro atoms. The summed E-state index contributed by atoms with van der Waals surface area (Å²) in [5, 5.41) is 1.80. The van der Waals surface area contributed by atoms with E-state index < -0.39 is 0 Å². The molecule has 5 rings (SSSR count). The molecule has 2 aromatic rings. The lowest BCUT2D eigenvalue weighted by atomic mass is 9.84. The lowest BCUT2D eigenvalue weighted by Crippen LogP contribution is -2.30. The number of amides is 1. The topological polar surface area (TPSA) is 35.9 Å². The van der Waals surface area contributed by atoms with Crippen molar-refractivity contribution >= 4 is 46.0 Å². The molecule has 0 N–H and O–H groups in total. The lowest BCUT2D eigenvalue weighted by molar-refractivity contribution is -0.122. The van der Waals surface area contributed by atoms with Gasteiger partial charge in [-0.25, -0.2) is 4.99 Å². The number of hydrogen-bond acceptors (Lipinski definition) is 5. The van der Waals surface area contributed by atoms with Gasteiger partial charge in [0.1, 0.15) is 4.91 Å². The number of thioether (sulfide) groups is 2. The highest BCUT2D eigenvalue weighted by Crippen LogP contribution is 2.50. The molecule has 3 aliphatic rings. The summed E-state index contributed by atoms with van der Waals surface area (Å²) in [6.45, 7) is 2.87. The summed E-state index contributed by atoms with van der Waals surface area (Å²) >= 11 is 3.20. The summed E-state index contributed by atoms with van der Waals surface area (Å²) in [6, 6.07) is 17.0. The zero-order chi connectivity index (χ0) is 22.8. The fourth-order valence-electron chi connectivity index (χ4n) is 4.80. The molecule has 0 atom stereocenters. The molecule has 4 nitrogen and oxygen atoms in total. The van der Waals surface area contributed by atoms with Crippen LogP contribution in [0.15, 0.2) is 68.4 Å². The van der Waals surface area contributed by atoms with Crippen LogP contribution >= 0.6 is 23.5 Å². The first kappa shape index (κ1) is 22.6. The predicted molar refractivity (Wildman–Crippen MR) is 141 cm³/mol. The molecular formula is C27H31N3OS2. The molecule has 1 aliphatic carbocycles. The molecule has 33 heavy (non-hydrogen) atoms.